The average Bonchev–Trinajstić information content (AvgIpc) is 3.25. The van der Waals surface area contributed by atoms with Crippen molar-refractivity contribution < 1.29 is 18.0 Å². The SMILES string of the molecule is O=C(ONC1CC1c1ccccc1)C1CCS(=O)(=O)CC1. The van der Waals surface area contributed by atoms with Crippen molar-refractivity contribution in [3.05, 3.63) is 35.9 Å². The Kier molecular flexibility index (Phi) is 3.99. The van der Waals surface area contributed by atoms with E-state index in [4.69, 9.17) is 4.84 Å². The number of rotatable bonds is 4. The lowest BCUT2D eigenvalue weighted by Gasteiger charge is -2.20. The van der Waals surface area contributed by atoms with Gasteiger partial charge in [-0.25, -0.2) is 8.42 Å². The van der Waals surface area contributed by atoms with Crippen molar-refractivity contribution in [1.82, 2.24) is 5.48 Å². The van der Waals surface area contributed by atoms with Crippen LogP contribution in [0.25, 0.3) is 0 Å². The molecule has 1 aromatic rings. The van der Waals surface area contributed by atoms with Gasteiger partial charge in [-0.15, -0.1) is 5.48 Å². The van der Waals surface area contributed by atoms with Crippen molar-refractivity contribution in [3.63, 3.8) is 0 Å². The molecule has 1 heterocycles. The smallest absolute Gasteiger partial charge is 0.327 e. The Labute approximate surface area is 124 Å². The minimum Gasteiger partial charge on any atom is -0.370 e. The maximum atomic E-state index is 11.9. The van der Waals surface area contributed by atoms with Crippen LogP contribution in [0.3, 0.4) is 0 Å². The fraction of sp³-hybridized carbons (Fsp3) is 0.533. The molecule has 2 fully saturated rings. The number of sulfone groups is 1. The van der Waals surface area contributed by atoms with E-state index in [0.717, 1.165) is 6.42 Å². The molecule has 114 valence electrons. The van der Waals surface area contributed by atoms with Gasteiger partial charge in [0.25, 0.3) is 0 Å². The molecule has 5 nitrogen and oxygen atoms in total. The Morgan fingerprint density at radius 1 is 1.14 bits per heavy atom. The molecular formula is C15H19NO4S. The van der Waals surface area contributed by atoms with Gasteiger partial charge >= 0.3 is 5.97 Å². The largest absolute Gasteiger partial charge is 0.370 e. The number of hydrogen-bond acceptors (Lipinski definition) is 5. The number of carbonyl (C=O) groups is 1. The molecular weight excluding hydrogens is 290 g/mol. The maximum Gasteiger partial charge on any atom is 0.327 e. The van der Waals surface area contributed by atoms with Gasteiger partial charge in [0.05, 0.1) is 23.5 Å². The molecule has 6 heteroatoms. The van der Waals surface area contributed by atoms with Gasteiger partial charge in [-0.3, -0.25) is 4.79 Å². The van der Waals surface area contributed by atoms with Crippen molar-refractivity contribution in [3.8, 4) is 0 Å². The van der Waals surface area contributed by atoms with Crippen LogP contribution in [-0.2, 0) is 19.5 Å². The molecule has 1 N–H and O–H groups in total. The first-order valence-electron chi connectivity index (χ1n) is 7.27. The van der Waals surface area contributed by atoms with Crippen LogP contribution in [0.5, 0.6) is 0 Å². The number of carbonyl (C=O) groups excluding carboxylic acids is 1. The molecule has 0 spiro atoms. The van der Waals surface area contributed by atoms with E-state index < -0.39 is 9.84 Å². The predicted octanol–water partition coefficient (Wildman–Crippen LogP) is 1.42. The second-order valence-electron chi connectivity index (χ2n) is 5.82. The third kappa shape index (κ3) is 3.63. The van der Waals surface area contributed by atoms with Crippen LogP contribution < -0.4 is 5.48 Å². The highest BCUT2D eigenvalue weighted by Crippen LogP contribution is 2.40. The van der Waals surface area contributed by atoms with Crippen molar-refractivity contribution in [1.29, 1.82) is 0 Å². The van der Waals surface area contributed by atoms with Crippen LogP contribution in [0.4, 0.5) is 0 Å². The molecule has 2 aliphatic rings. The van der Waals surface area contributed by atoms with Crippen LogP contribution >= 0.6 is 0 Å². The Morgan fingerprint density at radius 3 is 2.48 bits per heavy atom. The first kappa shape index (κ1) is 14.5. The zero-order chi connectivity index (χ0) is 14.9. The Balaban J connectivity index is 1.44. The van der Waals surface area contributed by atoms with Crippen LogP contribution in [0.1, 0.15) is 30.7 Å². The highest BCUT2D eigenvalue weighted by atomic mass is 32.2. The van der Waals surface area contributed by atoms with Crippen LogP contribution in [0, 0.1) is 5.92 Å². The summed E-state index contributed by atoms with van der Waals surface area (Å²) in [6.07, 6.45) is 1.70. The predicted molar refractivity (Wildman–Crippen MR) is 78.2 cm³/mol. The van der Waals surface area contributed by atoms with E-state index in [0.29, 0.717) is 18.8 Å². The molecule has 1 aliphatic heterocycles. The Bertz CT molecular complexity index is 600. The highest BCUT2D eigenvalue weighted by Gasteiger charge is 2.40. The minimum absolute atomic E-state index is 0.0861. The second kappa shape index (κ2) is 5.77. The highest BCUT2D eigenvalue weighted by molar-refractivity contribution is 7.91. The van der Waals surface area contributed by atoms with Gasteiger partial charge in [0.15, 0.2) is 0 Å². The molecule has 0 radical (unpaired) electrons. The molecule has 1 aromatic carbocycles. The van der Waals surface area contributed by atoms with Gasteiger partial charge in [-0.1, -0.05) is 30.3 Å². The average molecular weight is 309 g/mol. The number of hydrogen-bond donors (Lipinski definition) is 1. The fourth-order valence-electron chi connectivity index (χ4n) is 2.74. The number of nitrogens with one attached hydrogen (secondary N) is 1. The van der Waals surface area contributed by atoms with Crippen molar-refractivity contribution in [2.24, 2.45) is 5.92 Å². The summed E-state index contributed by atoms with van der Waals surface area (Å²) in [6, 6.07) is 10.3. The molecule has 3 rings (SSSR count). The Morgan fingerprint density at radius 2 is 1.81 bits per heavy atom. The molecule has 1 aliphatic carbocycles. The van der Waals surface area contributed by atoms with Gasteiger partial charge in [-0.05, 0) is 24.8 Å². The topological polar surface area (TPSA) is 72.5 Å². The monoisotopic (exact) mass is 309 g/mol. The molecule has 1 saturated heterocycles. The van der Waals surface area contributed by atoms with Crippen molar-refractivity contribution in [2.45, 2.75) is 31.2 Å². The quantitative estimate of drug-likeness (QED) is 0.852. The first-order chi connectivity index (χ1) is 10.1. The lowest BCUT2D eigenvalue weighted by Crippen LogP contribution is -2.33. The summed E-state index contributed by atoms with van der Waals surface area (Å²) >= 11 is 0. The summed E-state index contributed by atoms with van der Waals surface area (Å²) in [5, 5.41) is 0. The normalized spacial score (nSPS) is 28.0. The van der Waals surface area contributed by atoms with Crippen molar-refractivity contribution in [2.75, 3.05) is 11.5 Å². The number of benzene rings is 1. The maximum absolute atomic E-state index is 11.9. The molecule has 2 unspecified atom stereocenters. The zero-order valence-electron chi connectivity index (χ0n) is 11.7. The fourth-order valence-corrected chi connectivity index (χ4v) is 4.23. The summed E-state index contributed by atoms with van der Waals surface area (Å²) in [5.41, 5.74) is 4.07. The van der Waals surface area contributed by atoms with Crippen LogP contribution in [-0.4, -0.2) is 31.9 Å². The van der Waals surface area contributed by atoms with E-state index in [1.165, 1.54) is 5.56 Å². The van der Waals surface area contributed by atoms with Gasteiger partial charge in [-0.2, -0.15) is 0 Å². The first-order valence-corrected chi connectivity index (χ1v) is 9.09. The van der Waals surface area contributed by atoms with Crippen molar-refractivity contribution >= 4 is 15.8 Å². The van der Waals surface area contributed by atoms with E-state index in [1.54, 1.807) is 0 Å². The van der Waals surface area contributed by atoms with E-state index in [-0.39, 0.29) is 29.4 Å². The van der Waals surface area contributed by atoms with Gasteiger partial charge in [0.1, 0.15) is 9.84 Å². The molecule has 0 bridgehead atoms. The molecule has 1 saturated carbocycles. The van der Waals surface area contributed by atoms with E-state index in [2.05, 4.69) is 17.6 Å². The molecule has 0 aromatic heterocycles. The number of hydroxylamine groups is 1. The van der Waals surface area contributed by atoms with Gasteiger partial charge < -0.3 is 4.84 Å². The van der Waals surface area contributed by atoms with Gasteiger partial charge in [0, 0.05) is 5.92 Å². The Hall–Kier alpha value is -1.40. The third-order valence-corrected chi connectivity index (χ3v) is 5.93. The summed E-state index contributed by atoms with van der Waals surface area (Å²) in [5.74, 6) is -0.0598. The van der Waals surface area contributed by atoms with Crippen LogP contribution in [0.15, 0.2) is 30.3 Å². The molecule has 2 atom stereocenters. The van der Waals surface area contributed by atoms with Gasteiger partial charge in [0.2, 0.25) is 0 Å². The standard InChI is InChI=1S/C15H19NO4S/c17-15(12-6-8-21(18,19)9-7-12)20-16-14-10-13(14)11-4-2-1-3-5-11/h1-5,12-14,16H,6-10H2. The van der Waals surface area contributed by atoms with E-state index >= 15 is 0 Å². The lowest BCUT2D eigenvalue weighted by atomic mass is 10.0. The molecule has 21 heavy (non-hydrogen) atoms. The summed E-state index contributed by atoms with van der Waals surface area (Å²) in [6.45, 7) is 0. The molecule has 0 amide bonds. The minimum atomic E-state index is -2.94. The summed E-state index contributed by atoms with van der Waals surface area (Å²) in [4.78, 5) is 17.0. The van der Waals surface area contributed by atoms with E-state index in [1.807, 2.05) is 18.2 Å². The van der Waals surface area contributed by atoms with Crippen LogP contribution in [0.2, 0.25) is 0 Å². The summed E-state index contributed by atoms with van der Waals surface area (Å²) in [7, 11) is -2.94. The second-order valence-corrected chi connectivity index (χ2v) is 8.13. The summed E-state index contributed by atoms with van der Waals surface area (Å²) < 4.78 is 22.7. The lowest BCUT2D eigenvalue weighted by molar-refractivity contribution is -0.157. The third-order valence-electron chi connectivity index (χ3n) is 4.22. The zero-order valence-corrected chi connectivity index (χ0v) is 12.5. The van der Waals surface area contributed by atoms with E-state index in [9.17, 15) is 13.2 Å².